The van der Waals surface area contributed by atoms with Gasteiger partial charge in [-0.1, -0.05) is 41.9 Å². The van der Waals surface area contributed by atoms with E-state index in [0.29, 0.717) is 10.7 Å². The Morgan fingerprint density at radius 1 is 1.12 bits per heavy atom. The van der Waals surface area contributed by atoms with Crippen molar-refractivity contribution < 1.29 is 13.2 Å². The monoisotopic (exact) mass is 394 g/mol. The topological polar surface area (TPSA) is 57.7 Å². The van der Waals surface area contributed by atoms with Gasteiger partial charge in [0, 0.05) is 12.1 Å². The Hall–Kier alpha value is -2.05. The van der Waals surface area contributed by atoms with Gasteiger partial charge in [-0.3, -0.25) is 9.10 Å². The van der Waals surface area contributed by atoms with Crippen LogP contribution in [0.4, 0.5) is 5.69 Å². The van der Waals surface area contributed by atoms with Gasteiger partial charge in [-0.2, -0.15) is 0 Å². The van der Waals surface area contributed by atoms with Crippen LogP contribution in [0.3, 0.4) is 0 Å². The first-order valence-corrected chi connectivity index (χ1v) is 10.4. The second-order valence-electron chi connectivity index (χ2n) is 6.29. The van der Waals surface area contributed by atoms with Gasteiger partial charge in [-0.25, -0.2) is 8.42 Å². The lowest BCUT2D eigenvalue weighted by molar-refractivity contribution is -0.130. The average Bonchev–Trinajstić information content (AvgIpc) is 2.58. The number of para-hydroxylation sites is 1. The van der Waals surface area contributed by atoms with Gasteiger partial charge >= 0.3 is 0 Å². The smallest absolute Gasteiger partial charge is 0.243 e. The normalized spacial score (nSPS) is 12.5. The molecular formula is C19H23ClN2O3S. The van der Waals surface area contributed by atoms with Gasteiger partial charge in [0.25, 0.3) is 0 Å². The molecule has 0 aliphatic heterocycles. The number of benzene rings is 2. The van der Waals surface area contributed by atoms with Crippen LogP contribution in [0.1, 0.15) is 24.1 Å². The summed E-state index contributed by atoms with van der Waals surface area (Å²) in [7, 11) is -1.93. The molecule has 0 saturated heterocycles. The molecule has 2 aromatic rings. The third kappa shape index (κ3) is 4.77. The van der Waals surface area contributed by atoms with Crippen molar-refractivity contribution in [3.05, 3.63) is 64.7 Å². The van der Waals surface area contributed by atoms with Crippen LogP contribution >= 0.6 is 11.6 Å². The van der Waals surface area contributed by atoms with E-state index in [2.05, 4.69) is 0 Å². The molecule has 7 heteroatoms. The number of hydrogen-bond acceptors (Lipinski definition) is 3. The molecule has 0 unspecified atom stereocenters. The molecule has 5 nitrogen and oxygen atoms in total. The molecule has 0 aliphatic carbocycles. The van der Waals surface area contributed by atoms with Crippen LogP contribution < -0.4 is 4.31 Å². The fourth-order valence-electron chi connectivity index (χ4n) is 2.64. The Balaban J connectivity index is 2.24. The highest BCUT2D eigenvalue weighted by atomic mass is 35.5. The maximum absolute atomic E-state index is 12.8. The van der Waals surface area contributed by atoms with Crippen LogP contribution in [-0.4, -0.2) is 39.1 Å². The highest BCUT2D eigenvalue weighted by molar-refractivity contribution is 7.92. The molecule has 2 rings (SSSR count). The summed E-state index contributed by atoms with van der Waals surface area (Å²) >= 11 is 5.91. The molecule has 140 valence electrons. The number of rotatable bonds is 6. The van der Waals surface area contributed by atoms with E-state index in [9.17, 15) is 13.2 Å². The van der Waals surface area contributed by atoms with Gasteiger partial charge < -0.3 is 4.90 Å². The summed E-state index contributed by atoms with van der Waals surface area (Å²) in [6.45, 7) is 3.45. The lowest BCUT2D eigenvalue weighted by Crippen LogP contribution is -2.42. The van der Waals surface area contributed by atoms with Crippen LogP contribution in [0.15, 0.2) is 48.5 Å². The zero-order chi connectivity index (χ0) is 19.5. The zero-order valence-electron chi connectivity index (χ0n) is 15.3. The van der Waals surface area contributed by atoms with E-state index in [1.807, 2.05) is 38.1 Å². The van der Waals surface area contributed by atoms with Gasteiger partial charge in [0.05, 0.1) is 18.0 Å². The van der Waals surface area contributed by atoms with E-state index in [4.69, 9.17) is 11.6 Å². The van der Waals surface area contributed by atoms with Crippen LogP contribution in [0.2, 0.25) is 5.02 Å². The molecule has 0 spiro atoms. The minimum atomic E-state index is -3.60. The van der Waals surface area contributed by atoms with E-state index in [0.717, 1.165) is 21.7 Å². The predicted octanol–water partition coefficient (Wildman–Crippen LogP) is 3.63. The van der Waals surface area contributed by atoms with Gasteiger partial charge in [-0.05, 0) is 43.2 Å². The number of hydrogen-bond donors (Lipinski definition) is 0. The zero-order valence-corrected chi connectivity index (χ0v) is 16.9. The largest absolute Gasteiger partial charge is 0.337 e. The number of likely N-dealkylation sites (N-methyl/N-ethyl adjacent to an activating group) is 1. The first-order chi connectivity index (χ1) is 12.1. The molecule has 1 atom stereocenters. The van der Waals surface area contributed by atoms with E-state index >= 15 is 0 Å². The average molecular weight is 395 g/mol. The SMILES string of the molecule is Cc1ccccc1N(CC(=O)N(C)[C@@H](C)c1ccc(Cl)cc1)S(C)(=O)=O. The number of anilines is 1. The molecule has 0 aliphatic rings. The molecule has 0 fully saturated rings. The van der Waals surface area contributed by atoms with Gasteiger partial charge in [0.15, 0.2) is 0 Å². The maximum Gasteiger partial charge on any atom is 0.243 e. The van der Waals surface area contributed by atoms with E-state index in [1.54, 1.807) is 36.2 Å². The third-order valence-corrected chi connectivity index (χ3v) is 5.77. The van der Waals surface area contributed by atoms with Crippen LogP contribution in [0, 0.1) is 6.92 Å². The fourth-order valence-corrected chi connectivity index (χ4v) is 3.67. The Bertz CT molecular complexity index is 882. The van der Waals surface area contributed by atoms with Gasteiger partial charge in [0.2, 0.25) is 15.9 Å². The standard InChI is InChI=1S/C19H23ClN2O3S/c1-14-7-5-6-8-18(14)22(26(4,24)25)13-19(23)21(3)15(2)16-9-11-17(20)12-10-16/h5-12,15H,13H2,1-4H3/t15-/m0/s1. The van der Waals surface area contributed by atoms with Crippen molar-refractivity contribution in [2.45, 2.75) is 19.9 Å². The maximum atomic E-state index is 12.8. The summed E-state index contributed by atoms with van der Waals surface area (Å²) < 4.78 is 25.7. The number of nitrogens with zero attached hydrogens (tertiary/aromatic N) is 2. The molecule has 1 amide bonds. The van der Waals surface area contributed by atoms with Crippen LogP contribution in [0.25, 0.3) is 0 Å². The minimum absolute atomic E-state index is 0.210. The molecule has 2 aromatic carbocycles. The second-order valence-corrected chi connectivity index (χ2v) is 8.63. The summed E-state index contributed by atoms with van der Waals surface area (Å²) in [5.74, 6) is -0.291. The molecular weight excluding hydrogens is 372 g/mol. The quantitative estimate of drug-likeness (QED) is 0.751. The summed E-state index contributed by atoms with van der Waals surface area (Å²) in [4.78, 5) is 14.3. The van der Waals surface area contributed by atoms with Crippen molar-refractivity contribution in [1.82, 2.24) is 4.90 Å². The fraction of sp³-hybridized carbons (Fsp3) is 0.316. The Kier molecular flexibility index (Phi) is 6.31. The highest BCUT2D eigenvalue weighted by Crippen LogP contribution is 2.24. The van der Waals surface area contributed by atoms with E-state index in [1.165, 1.54) is 0 Å². The molecule has 0 N–H and O–H groups in total. The lowest BCUT2D eigenvalue weighted by atomic mass is 10.1. The Labute approximate surface area is 160 Å². The molecule has 0 radical (unpaired) electrons. The van der Waals surface area contributed by atoms with Crippen LogP contribution in [-0.2, 0) is 14.8 Å². The summed E-state index contributed by atoms with van der Waals surface area (Å²) in [5, 5.41) is 0.623. The molecule has 0 bridgehead atoms. The Morgan fingerprint density at radius 3 is 2.23 bits per heavy atom. The van der Waals surface area contributed by atoms with Gasteiger partial charge in [0.1, 0.15) is 6.54 Å². The first kappa shape index (κ1) is 20.3. The molecule has 0 aromatic heterocycles. The summed E-state index contributed by atoms with van der Waals surface area (Å²) in [5.41, 5.74) is 2.22. The predicted molar refractivity (Wildman–Crippen MR) is 106 cm³/mol. The van der Waals surface area contributed by atoms with E-state index in [-0.39, 0.29) is 18.5 Å². The van der Waals surface area contributed by atoms with Crippen molar-refractivity contribution in [2.75, 3.05) is 24.2 Å². The highest BCUT2D eigenvalue weighted by Gasteiger charge is 2.26. The van der Waals surface area contributed by atoms with E-state index < -0.39 is 10.0 Å². The van der Waals surface area contributed by atoms with Crippen molar-refractivity contribution in [1.29, 1.82) is 0 Å². The molecule has 0 saturated carbocycles. The third-order valence-electron chi connectivity index (χ3n) is 4.39. The van der Waals surface area contributed by atoms with Crippen molar-refractivity contribution in [3.63, 3.8) is 0 Å². The molecule has 26 heavy (non-hydrogen) atoms. The number of carbonyl (C=O) groups excluding carboxylic acids is 1. The molecule has 0 heterocycles. The Morgan fingerprint density at radius 2 is 1.69 bits per heavy atom. The number of halogens is 1. The van der Waals surface area contributed by atoms with Gasteiger partial charge in [-0.15, -0.1) is 0 Å². The number of amides is 1. The van der Waals surface area contributed by atoms with Crippen molar-refractivity contribution in [3.8, 4) is 0 Å². The van der Waals surface area contributed by atoms with Crippen LogP contribution in [0.5, 0.6) is 0 Å². The van der Waals surface area contributed by atoms with Crippen molar-refractivity contribution >= 4 is 33.2 Å². The summed E-state index contributed by atoms with van der Waals surface area (Å²) in [6.07, 6.45) is 1.11. The lowest BCUT2D eigenvalue weighted by Gasteiger charge is -2.29. The second kappa shape index (κ2) is 8.10. The number of carbonyl (C=O) groups is 1. The number of sulfonamides is 1. The number of aryl methyl sites for hydroxylation is 1. The van der Waals surface area contributed by atoms with Crippen molar-refractivity contribution in [2.24, 2.45) is 0 Å². The minimum Gasteiger partial charge on any atom is -0.337 e. The summed E-state index contributed by atoms with van der Waals surface area (Å²) in [6, 6.07) is 14.1. The first-order valence-electron chi connectivity index (χ1n) is 8.15.